The Bertz CT molecular complexity index is 747. The zero-order valence-electron chi connectivity index (χ0n) is 34.9. The number of nitrogens with zero attached hydrogens (tertiary/aromatic N) is 1. The van der Waals surface area contributed by atoms with Gasteiger partial charge in [0.15, 0.2) is 0 Å². The van der Waals surface area contributed by atoms with Crippen LogP contribution in [0.15, 0.2) is 0 Å². The third kappa shape index (κ3) is 36.3. The lowest BCUT2D eigenvalue weighted by Crippen LogP contribution is -2.25. The average Bonchev–Trinajstić information content (AvgIpc) is 3.12. The summed E-state index contributed by atoms with van der Waals surface area (Å²) in [5, 5.41) is 0. The highest BCUT2D eigenvalue weighted by Crippen LogP contribution is 2.50. The van der Waals surface area contributed by atoms with Gasteiger partial charge in [-0.1, -0.05) is 163 Å². The van der Waals surface area contributed by atoms with Crippen LogP contribution in [-0.4, -0.2) is 56.4 Å². The van der Waals surface area contributed by atoms with Gasteiger partial charge in [0.25, 0.3) is 0 Å². The second-order valence-electron chi connectivity index (χ2n) is 15.1. The lowest BCUT2D eigenvalue weighted by atomic mass is 10.1. The summed E-state index contributed by atoms with van der Waals surface area (Å²) in [7, 11) is -3.49. The Kier molecular flexibility index (Phi) is 38.9. The first kappa shape index (κ1) is 50.5. The molecule has 0 rings (SSSR count). The number of phosphoric ester groups is 1. The van der Waals surface area contributed by atoms with Gasteiger partial charge in [-0.15, -0.1) is 0 Å². The van der Waals surface area contributed by atoms with Gasteiger partial charge in [0.2, 0.25) is 0 Å². The number of hydrogen-bond acceptors (Lipinski definition) is 7. The molecule has 0 radical (unpaired) electrons. The second kappa shape index (κ2) is 39.2. The van der Waals surface area contributed by atoms with Crippen LogP contribution in [0, 0.1) is 0 Å². The summed E-state index contributed by atoms with van der Waals surface area (Å²) < 4.78 is 36.2. The van der Waals surface area contributed by atoms with E-state index in [2.05, 4.69) is 32.6 Å². The number of rotatable bonds is 42. The molecule has 0 heterocycles. The molecule has 0 saturated heterocycles. The molecule has 8 heteroatoms. The molecule has 7 nitrogen and oxygen atoms in total. The van der Waals surface area contributed by atoms with Gasteiger partial charge in [0.05, 0.1) is 25.9 Å². The molecular formula is C43H88NO6P. The minimum Gasteiger partial charge on any atom is -0.463 e. The Hall–Kier alpha value is -0.460. The smallest absolute Gasteiger partial charge is 0.463 e. The van der Waals surface area contributed by atoms with Crippen LogP contribution in [-0.2, 0) is 27.7 Å². The summed E-state index contributed by atoms with van der Waals surface area (Å²) in [6.07, 6.45) is 34.6. The predicted octanol–water partition coefficient (Wildman–Crippen LogP) is 14.2. The Morgan fingerprint density at radius 2 is 0.843 bits per heavy atom. The summed E-state index contributed by atoms with van der Waals surface area (Å²) in [6, 6.07) is 0. The first-order valence-electron chi connectivity index (χ1n) is 22.4. The third-order valence-electron chi connectivity index (χ3n) is 9.96. The molecule has 0 N–H and O–H groups in total. The first-order chi connectivity index (χ1) is 24.9. The molecular weight excluding hydrogens is 657 g/mol. The van der Waals surface area contributed by atoms with Gasteiger partial charge in [-0.2, -0.15) is 0 Å². The quantitative estimate of drug-likeness (QED) is 0.0350. The summed E-state index contributed by atoms with van der Waals surface area (Å²) in [6.45, 7) is 15.8. The fourth-order valence-corrected chi connectivity index (χ4v) is 7.77. The molecule has 0 aromatic rings. The van der Waals surface area contributed by atoms with Crippen molar-refractivity contribution in [2.24, 2.45) is 0 Å². The van der Waals surface area contributed by atoms with E-state index >= 15 is 0 Å². The van der Waals surface area contributed by atoms with Gasteiger partial charge < -0.3 is 9.64 Å². The number of carbonyl (C=O) groups excluding carboxylic acids is 1. The molecule has 306 valence electrons. The van der Waals surface area contributed by atoms with Crippen LogP contribution < -0.4 is 0 Å². The molecule has 0 spiro atoms. The van der Waals surface area contributed by atoms with Crippen molar-refractivity contribution in [2.45, 2.75) is 233 Å². The highest BCUT2D eigenvalue weighted by atomic mass is 31.2. The fourth-order valence-electron chi connectivity index (χ4n) is 6.49. The van der Waals surface area contributed by atoms with Gasteiger partial charge in [-0.3, -0.25) is 18.4 Å². The van der Waals surface area contributed by atoms with Gasteiger partial charge in [-0.25, -0.2) is 4.57 Å². The molecule has 1 unspecified atom stereocenters. The summed E-state index contributed by atoms with van der Waals surface area (Å²) >= 11 is 0. The monoisotopic (exact) mass is 746 g/mol. The SMILES string of the molecule is CCCCCCCCOP(=O)(OCCCCCCCC)OCCCCCCCN(CC)CCCCCCCC(=O)OC(C)CCCCCCCC. The van der Waals surface area contributed by atoms with Crippen molar-refractivity contribution in [1.82, 2.24) is 4.90 Å². The Balaban J connectivity index is 3.98. The molecule has 0 amide bonds. The van der Waals surface area contributed by atoms with E-state index in [0.717, 1.165) is 77.4 Å². The van der Waals surface area contributed by atoms with E-state index in [1.54, 1.807) is 0 Å². The molecule has 0 aromatic carbocycles. The first-order valence-corrected chi connectivity index (χ1v) is 23.8. The molecule has 0 aromatic heterocycles. The van der Waals surface area contributed by atoms with Crippen molar-refractivity contribution in [1.29, 1.82) is 0 Å². The van der Waals surface area contributed by atoms with E-state index in [-0.39, 0.29) is 12.1 Å². The molecule has 0 fully saturated rings. The van der Waals surface area contributed by atoms with Crippen molar-refractivity contribution in [3.8, 4) is 0 Å². The van der Waals surface area contributed by atoms with Crippen molar-refractivity contribution >= 4 is 13.8 Å². The van der Waals surface area contributed by atoms with Crippen LogP contribution in [0.25, 0.3) is 0 Å². The van der Waals surface area contributed by atoms with Crippen molar-refractivity contribution in [3.63, 3.8) is 0 Å². The van der Waals surface area contributed by atoms with Crippen LogP contribution in [0.5, 0.6) is 0 Å². The van der Waals surface area contributed by atoms with E-state index in [0.29, 0.717) is 26.2 Å². The maximum absolute atomic E-state index is 13.3. The van der Waals surface area contributed by atoms with Crippen molar-refractivity contribution < 1.29 is 27.7 Å². The predicted molar refractivity (Wildman–Crippen MR) is 219 cm³/mol. The largest absolute Gasteiger partial charge is 0.474 e. The lowest BCUT2D eigenvalue weighted by Gasteiger charge is -2.20. The summed E-state index contributed by atoms with van der Waals surface area (Å²) in [5.74, 6) is -0.0150. The topological polar surface area (TPSA) is 74.3 Å². The number of unbranched alkanes of at least 4 members (excludes halogenated alkanes) is 23. The molecule has 0 aliphatic carbocycles. The fraction of sp³-hybridized carbons (Fsp3) is 0.977. The van der Waals surface area contributed by atoms with E-state index in [1.165, 1.54) is 128 Å². The zero-order valence-corrected chi connectivity index (χ0v) is 35.8. The molecule has 0 saturated carbocycles. The van der Waals surface area contributed by atoms with E-state index in [4.69, 9.17) is 18.3 Å². The van der Waals surface area contributed by atoms with Crippen molar-refractivity contribution in [3.05, 3.63) is 0 Å². The van der Waals surface area contributed by atoms with Crippen LogP contribution in [0.2, 0.25) is 0 Å². The number of phosphoric acid groups is 1. The highest BCUT2D eigenvalue weighted by molar-refractivity contribution is 7.48. The minimum atomic E-state index is -3.49. The number of carbonyl (C=O) groups is 1. The van der Waals surface area contributed by atoms with Gasteiger partial charge in [0.1, 0.15) is 0 Å². The molecule has 0 aliphatic rings. The van der Waals surface area contributed by atoms with Gasteiger partial charge in [0, 0.05) is 6.42 Å². The number of hydrogen-bond donors (Lipinski definition) is 0. The van der Waals surface area contributed by atoms with Crippen LogP contribution in [0.3, 0.4) is 0 Å². The van der Waals surface area contributed by atoms with Crippen LogP contribution in [0.1, 0.15) is 227 Å². The van der Waals surface area contributed by atoms with Gasteiger partial charge >= 0.3 is 13.8 Å². The van der Waals surface area contributed by atoms with Crippen LogP contribution >= 0.6 is 7.82 Å². The standard InChI is InChI=1S/C43H88NO6P/c1-6-10-13-16-21-28-35-42(5)50-43(45)36-29-22-19-23-30-37-44(9-4)38-31-24-20-27-34-41-49-51(46,47-39-32-25-17-14-11-7-2)48-40-33-26-18-15-12-8-3/h42H,6-41H2,1-5H3. The van der Waals surface area contributed by atoms with Crippen molar-refractivity contribution in [2.75, 3.05) is 39.5 Å². The molecule has 0 bridgehead atoms. The normalized spacial score (nSPS) is 12.6. The van der Waals surface area contributed by atoms with Gasteiger partial charge in [-0.05, 0) is 77.9 Å². The lowest BCUT2D eigenvalue weighted by molar-refractivity contribution is -0.148. The van der Waals surface area contributed by atoms with E-state index < -0.39 is 7.82 Å². The maximum Gasteiger partial charge on any atom is 0.474 e. The molecule has 51 heavy (non-hydrogen) atoms. The van der Waals surface area contributed by atoms with E-state index in [1.807, 2.05) is 6.92 Å². The third-order valence-corrected chi connectivity index (χ3v) is 11.5. The summed E-state index contributed by atoms with van der Waals surface area (Å²) in [4.78, 5) is 14.8. The second-order valence-corrected chi connectivity index (χ2v) is 16.7. The number of esters is 1. The number of ether oxygens (including phenoxy) is 1. The Morgan fingerprint density at radius 3 is 1.25 bits per heavy atom. The Morgan fingerprint density at radius 1 is 0.490 bits per heavy atom. The minimum absolute atomic E-state index is 0.0150. The van der Waals surface area contributed by atoms with Crippen LogP contribution in [0.4, 0.5) is 0 Å². The average molecular weight is 746 g/mol. The van der Waals surface area contributed by atoms with E-state index in [9.17, 15) is 9.36 Å². The summed E-state index contributed by atoms with van der Waals surface area (Å²) in [5.41, 5.74) is 0. The Labute approximate surface area is 318 Å². The zero-order chi connectivity index (χ0) is 37.5. The molecule has 0 aliphatic heterocycles. The maximum atomic E-state index is 13.3. The highest BCUT2D eigenvalue weighted by Gasteiger charge is 2.26. The molecule has 1 atom stereocenters.